The molecule has 1 aliphatic carbocycles. The van der Waals surface area contributed by atoms with Crippen LogP contribution in [-0.2, 0) is 12.7 Å². The van der Waals surface area contributed by atoms with Gasteiger partial charge in [-0.15, -0.1) is 0 Å². The summed E-state index contributed by atoms with van der Waals surface area (Å²) in [5.41, 5.74) is 7.34. The molecule has 2 aromatic heterocycles. The highest BCUT2D eigenvalue weighted by Gasteiger charge is 2.31. The maximum Gasteiger partial charge on any atom is 0.417 e. The SMILES string of the molecule is Cc1cc2cc(C(=O)N(Cc3ccc(C(F)(F)F)cn3)CC3CCCC(O)C3)ccc2nc1N. The lowest BCUT2D eigenvalue weighted by Crippen LogP contribution is -2.37. The average Bonchev–Trinajstić information content (AvgIpc) is 2.78. The minimum Gasteiger partial charge on any atom is -0.393 e. The Balaban J connectivity index is 1.62. The topological polar surface area (TPSA) is 92.3 Å². The normalized spacial score (nSPS) is 18.7. The van der Waals surface area contributed by atoms with Gasteiger partial charge in [0.25, 0.3) is 5.91 Å². The van der Waals surface area contributed by atoms with E-state index in [1.54, 1.807) is 23.1 Å². The Morgan fingerprint density at radius 3 is 2.68 bits per heavy atom. The van der Waals surface area contributed by atoms with Gasteiger partial charge in [0.05, 0.1) is 29.4 Å². The fraction of sp³-hybridized carbons (Fsp3) is 0.400. The second kappa shape index (κ2) is 9.58. The third kappa shape index (κ3) is 5.47. The van der Waals surface area contributed by atoms with E-state index in [0.29, 0.717) is 35.6 Å². The smallest absolute Gasteiger partial charge is 0.393 e. The Morgan fingerprint density at radius 2 is 2.00 bits per heavy atom. The summed E-state index contributed by atoms with van der Waals surface area (Å²) in [7, 11) is 0. The van der Waals surface area contributed by atoms with E-state index in [-0.39, 0.29) is 18.4 Å². The summed E-state index contributed by atoms with van der Waals surface area (Å²) in [5.74, 6) is 0.280. The number of anilines is 1. The van der Waals surface area contributed by atoms with E-state index in [4.69, 9.17) is 5.73 Å². The molecule has 1 aromatic carbocycles. The van der Waals surface area contributed by atoms with E-state index >= 15 is 0 Å². The molecule has 9 heteroatoms. The molecule has 1 saturated carbocycles. The number of nitrogens with two attached hydrogens (primary N) is 1. The van der Waals surface area contributed by atoms with E-state index in [9.17, 15) is 23.1 Å². The number of benzene rings is 1. The summed E-state index contributed by atoms with van der Waals surface area (Å²) >= 11 is 0. The first kappa shape index (κ1) is 23.9. The van der Waals surface area contributed by atoms with E-state index in [2.05, 4.69) is 9.97 Å². The second-order valence-electron chi connectivity index (χ2n) is 9.01. The number of carbonyl (C=O) groups excluding carboxylic acids is 1. The molecule has 0 aliphatic heterocycles. The monoisotopic (exact) mass is 472 g/mol. The Kier molecular flexibility index (Phi) is 6.74. The molecule has 180 valence electrons. The first-order chi connectivity index (χ1) is 16.1. The van der Waals surface area contributed by atoms with Crippen molar-refractivity contribution in [2.45, 2.75) is 51.4 Å². The summed E-state index contributed by atoms with van der Waals surface area (Å²) in [5, 5.41) is 10.8. The van der Waals surface area contributed by atoms with Crippen molar-refractivity contribution in [2.24, 2.45) is 5.92 Å². The van der Waals surface area contributed by atoms with Crippen LogP contribution in [0.1, 0.15) is 52.9 Å². The number of aromatic nitrogens is 2. The van der Waals surface area contributed by atoms with Crippen LogP contribution in [0.5, 0.6) is 0 Å². The highest BCUT2D eigenvalue weighted by Crippen LogP contribution is 2.29. The van der Waals surface area contributed by atoms with Crippen LogP contribution in [-0.4, -0.2) is 38.5 Å². The average molecular weight is 473 g/mol. The quantitative estimate of drug-likeness (QED) is 0.560. The number of nitrogen functional groups attached to an aromatic ring is 1. The lowest BCUT2D eigenvalue weighted by atomic mass is 9.87. The zero-order valence-electron chi connectivity index (χ0n) is 18.8. The van der Waals surface area contributed by atoms with Crippen LogP contribution in [0.3, 0.4) is 0 Å². The molecule has 6 nitrogen and oxygen atoms in total. The molecule has 1 amide bonds. The number of fused-ring (bicyclic) bond motifs is 1. The largest absolute Gasteiger partial charge is 0.417 e. The molecule has 0 spiro atoms. The molecule has 34 heavy (non-hydrogen) atoms. The number of nitrogens with zero attached hydrogens (tertiary/aromatic N) is 3. The summed E-state index contributed by atoms with van der Waals surface area (Å²) < 4.78 is 38.8. The fourth-order valence-electron chi connectivity index (χ4n) is 4.45. The van der Waals surface area contributed by atoms with Crippen molar-refractivity contribution in [3.05, 3.63) is 65.0 Å². The lowest BCUT2D eigenvalue weighted by Gasteiger charge is -2.31. The molecule has 3 N–H and O–H groups in total. The number of aryl methyl sites for hydroxylation is 1. The molecule has 2 heterocycles. The summed E-state index contributed by atoms with van der Waals surface area (Å²) in [6, 6.07) is 9.31. The van der Waals surface area contributed by atoms with Crippen molar-refractivity contribution < 1.29 is 23.1 Å². The number of hydrogen-bond acceptors (Lipinski definition) is 5. The van der Waals surface area contributed by atoms with Crippen molar-refractivity contribution in [1.82, 2.24) is 14.9 Å². The molecule has 2 unspecified atom stereocenters. The standard InChI is InChI=1S/C25H27F3N4O2/c1-15-9-18-11-17(5-8-22(18)31-23(15)29)24(34)32(13-16-3-2-4-21(33)10-16)14-20-7-6-19(12-30-20)25(26,27)28/h5-9,11-12,16,21,33H,2-4,10,13-14H2,1H3,(H2,29,31). The number of hydrogen-bond donors (Lipinski definition) is 2. The minimum atomic E-state index is -4.47. The second-order valence-corrected chi connectivity index (χ2v) is 9.01. The van der Waals surface area contributed by atoms with Crippen LogP contribution in [0.25, 0.3) is 10.9 Å². The number of carbonyl (C=O) groups is 1. The molecular weight excluding hydrogens is 445 g/mol. The number of pyridine rings is 2. The van der Waals surface area contributed by atoms with Gasteiger partial charge in [0.2, 0.25) is 0 Å². The maximum absolute atomic E-state index is 13.5. The molecule has 3 aromatic rings. The number of rotatable bonds is 5. The molecule has 0 radical (unpaired) electrons. The molecular formula is C25H27F3N4O2. The number of aliphatic hydroxyl groups is 1. The lowest BCUT2D eigenvalue weighted by molar-refractivity contribution is -0.137. The van der Waals surface area contributed by atoms with Gasteiger partial charge < -0.3 is 15.7 Å². The first-order valence-electron chi connectivity index (χ1n) is 11.3. The van der Waals surface area contributed by atoms with Gasteiger partial charge in [0.15, 0.2) is 0 Å². The number of aliphatic hydroxyl groups excluding tert-OH is 1. The van der Waals surface area contributed by atoms with Crippen molar-refractivity contribution >= 4 is 22.6 Å². The van der Waals surface area contributed by atoms with E-state index in [0.717, 1.165) is 42.5 Å². The minimum absolute atomic E-state index is 0.0701. The fourth-order valence-corrected chi connectivity index (χ4v) is 4.45. The molecule has 0 bridgehead atoms. The van der Waals surface area contributed by atoms with Gasteiger partial charge in [-0.2, -0.15) is 13.2 Å². The number of halogens is 3. The molecule has 2 atom stereocenters. The van der Waals surface area contributed by atoms with Crippen molar-refractivity contribution in [1.29, 1.82) is 0 Å². The highest BCUT2D eigenvalue weighted by atomic mass is 19.4. The van der Waals surface area contributed by atoms with Crippen molar-refractivity contribution in [3.63, 3.8) is 0 Å². The summed E-state index contributed by atoms with van der Waals surface area (Å²) in [6.45, 7) is 2.30. The van der Waals surface area contributed by atoms with E-state index in [1.165, 1.54) is 6.07 Å². The number of alkyl halides is 3. The molecule has 1 aliphatic rings. The predicted octanol–water partition coefficient (Wildman–Crippen LogP) is 4.73. The predicted molar refractivity (Wildman–Crippen MR) is 123 cm³/mol. The molecule has 4 rings (SSSR count). The Hall–Kier alpha value is -3.20. The first-order valence-corrected chi connectivity index (χ1v) is 11.3. The van der Waals surface area contributed by atoms with Crippen LogP contribution in [0.4, 0.5) is 19.0 Å². The number of amides is 1. The van der Waals surface area contributed by atoms with Crippen LogP contribution in [0, 0.1) is 12.8 Å². The zero-order chi connectivity index (χ0) is 24.5. The van der Waals surface area contributed by atoms with Crippen LogP contribution >= 0.6 is 0 Å². The van der Waals surface area contributed by atoms with Crippen LogP contribution in [0.15, 0.2) is 42.6 Å². The van der Waals surface area contributed by atoms with Gasteiger partial charge in [0, 0.05) is 23.7 Å². The summed E-state index contributed by atoms with van der Waals surface area (Å²) in [4.78, 5) is 23.4. The highest BCUT2D eigenvalue weighted by molar-refractivity contribution is 5.98. The molecule has 1 fully saturated rings. The Labute approximate surface area is 195 Å². The van der Waals surface area contributed by atoms with Gasteiger partial charge in [-0.25, -0.2) is 4.98 Å². The van der Waals surface area contributed by atoms with Crippen LogP contribution in [0.2, 0.25) is 0 Å². The van der Waals surface area contributed by atoms with Crippen molar-refractivity contribution in [3.8, 4) is 0 Å². The third-order valence-electron chi connectivity index (χ3n) is 6.32. The van der Waals surface area contributed by atoms with Gasteiger partial charge in [-0.1, -0.05) is 6.42 Å². The van der Waals surface area contributed by atoms with Gasteiger partial charge in [-0.3, -0.25) is 9.78 Å². The Morgan fingerprint density at radius 1 is 1.21 bits per heavy atom. The third-order valence-corrected chi connectivity index (χ3v) is 6.32. The zero-order valence-corrected chi connectivity index (χ0v) is 18.8. The van der Waals surface area contributed by atoms with Crippen LogP contribution < -0.4 is 5.73 Å². The van der Waals surface area contributed by atoms with E-state index in [1.807, 2.05) is 13.0 Å². The van der Waals surface area contributed by atoms with Gasteiger partial charge >= 0.3 is 6.18 Å². The van der Waals surface area contributed by atoms with Gasteiger partial charge in [-0.05, 0) is 74.1 Å². The summed E-state index contributed by atoms with van der Waals surface area (Å²) in [6.07, 6.45) is -1.01. The molecule has 0 saturated heterocycles. The Bertz CT molecular complexity index is 1180. The van der Waals surface area contributed by atoms with Gasteiger partial charge in [0.1, 0.15) is 5.82 Å². The maximum atomic E-state index is 13.5. The van der Waals surface area contributed by atoms with E-state index < -0.39 is 17.8 Å². The van der Waals surface area contributed by atoms with Crippen molar-refractivity contribution in [2.75, 3.05) is 12.3 Å².